The number of hydrogen-bond acceptors (Lipinski definition) is 8. The van der Waals surface area contributed by atoms with Crippen LogP contribution in [0, 0.1) is 0 Å². The van der Waals surface area contributed by atoms with Crippen molar-refractivity contribution in [1.82, 2.24) is 4.90 Å². The van der Waals surface area contributed by atoms with Gasteiger partial charge in [0.1, 0.15) is 13.2 Å². The molecule has 0 aliphatic heterocycles. The molecule has 9 heteroatoms. The summed E-state index contributed by atoms with van der Waals surface area (Å²) in [5.41, 5.74) is 10.3. The van der Waals surface area contributed by atoms with Gasteiger partial charge in [-0.3, -0.25) is 14.5 Å². The number of anilines is 1. The Labute approximate surface area is 279 Å². The normalized spacial score (nSPS) is 14.2. The summed E-state index contributed by atoms with van der Waals surface area (Å²) in [5.74, 6) is -0.161. The van der Waals surface area contributed by atoms with Crippen molar-refractivity contribution in [3.8, 4) is 0 Å². The van der Waals surface area contributed by atoms with E-state index in [1.165, 1.54) is 32.1 Å². The molecule has 1 unspecified atom stereocenters. The van der Waals surface area contributed by atoms with Gasteiger partial charge in [0, 0.05) is 39.7 Å². The first-order valence-electron chi connectivity index (χ1n) is 15.7. The predicted octanol–water partition coefficient (Wildman–Crippen LogP) is 7.65. The van der Waals surface area contributed by atoms with Crippen LogP contribution in [0.4, 0.5) is 5.69 Å². The van der Waals surface area contributed by atoms with Gasteiger partial charge in [0.05, 0.1) is 17.2 Å². The second-order valence-electron chi connectivity index (χ2n) is 11.3. The third-order valence-electron chi connectivity index (χ3n) is 8.29. The van der Waals surface area contributed by atoms with Gasteiger partial charge in [-0.15, -0.1) is 0 Å². The van der Waals surface area contributed by atoms with E-state index in [1.807, 2.05) is 30.3 Å². The van der Waals surface area contributed by atoms with Crippen LogP contribution in [0.1, 0.15) is 89.3 Å². The monoisotopic (exact) mass is 694 g/mol. The van der Waals surface area contributed by atoms with Crippen molar-refractivity contribution < 1.29 is 23.9 Å². The second-order valence-corrected chi connectivity index (χ2v) is 13.4. The van der Waals surface area contributed by atoms with E-state index >= 15 is 0 Å². The number of ether oxygens (including phenoxy) is 2. The Morgan fingerprint density at radius 2 is 1.60 bits per heavy atom. The third-order valence-corrected chi connectivity index (χ3v) is 9.86. The Bertz CT molecular complexity index is 1440. The number of nitrogen functional groups attached to an aromatic ring is 1. The SMILES string of the molecule is CCN(Cc1cc(C(=O)OCCSCCOC(=O)C(C)c2cccc(C(=O)c3ccccc3)c2)cc(Br)c1N)C1CCCCC1. The number of ketones is 1. The van der Waals surface area contributed by atoms with Gasteiger partial charge in [-0.2, -0.15) is 11.8 Å². The minimum absolute atomic E-state index is 0.0858. The molecule has 1 aliphatic rings. The largest absolute Gasteiger partial charge is 0.464 e. The molecule has 0 amide bonds. The number of rotatable bonds is 15. The lowest BCUT2D eigenvalue weighted by atomic mass is 9.93. The molecule has 0 bridgehead atoms. The van der Waals surface area contributed by atoms with Crippen LogP contribution in [0.2, 0.25) is 0 Å². The van der Waals surface area contributed by atoms with Gasteiger partial charge in [0.2, 0.25) is 0 Å². The van der Waals surface area contributed by atoms with Crippen molar-refractivity contribution in [2.45, 2.75) is 64.5 Å². The number of halogens is 1. The highest BCUT2D eigenvalue weighted by atomic mass is 79.9. The lowest BCUT2D eigenvalue weighted by Gasteiger charge is -2.34. The Kier molecular flexibility index (Phi) is 13.5. The molecule has 3 aromatic carbocycles. The third kappa shape index (κ3) is 9.92. The summed E-state index contributed by atoms with van der Waals surface area (Å²) in [7, 11) is 0. The number of esters is 2. The Morgan fingerprint density at radius 1 is 0.911 bits per heavy atom. The summed E-state index contributed by atoms with van der Waals surface area (Å²) < 4.78 is 11.7. The summed E-state index contributed by atoms with van der Waals surface area (Å²) in [5, 5.41) is 0. The van der Waals surface area contributed by atoms with Crippen molar-refractivity contribution in [3.05, 3.63) is 99.0 Å². The van der Waals surface area contributed by atoms with Crippen molar-refractivity contribution >= 4 is 51.1 Å². The van der Waals surface area contributed by atoms with Gasteiger partial charge in [0.15, 0.2) is 5.78 Å². The smallest absolute Gasteiger partial charge is 0.338 e. The zero-order valence-corrected chi connectivity index (χ0v) is 28.5. The topological polar surface area (TPSA) is 98.9 Å². The average Bonchev–Trinajstić information content (AvgIpc) is 3.08. The van der Waals surface area contributed by atoms with Crippen LogP contribution in [-0.4, -0.2) is 59.9 Å². The van der Waals surface area contributed by atoms with E-state index in [1.54, 1.807) is 55.1 Å². The van der Waals surface area contributed by atoms with E-state index in [0.29, 0.717) is 50.9 Å². The van der Waals surface area contributed by atoms with Crippen LogP contribution in [0.15, 0.2) is 71.2 Å². The second kappa shape index (κ2) is 17.5. The number of nitrogens with zero attached hydrogens (tertiary/aromatic N) is 1. The van der Waals surface area contributed by atoms with Crippen molar-refractivity contribution in [1.29, 1.82) is 0 Å². The van der Waals surface area contributed by atoms with Crippen LogP contribution in [0.3, 0.4) is 0 Å². The van der Waals surface area contributed by atoms with E-state index in [4.69, 9.17) is 15.2 Å². The van der Waals surface area contributed by atoms with Gasteiger partial charge in [0.25, 0.3) is 0 Å². The molecule has 240 valence electrons. The first kappa shape index (κ1) is 34.7. The van der Waals surface area contributed by atoms with Gasteiger partial charge < -0.3 is 15.2 Å². The lowest BCUT2D eigenvalue weighted by Crippen LogP contribution is -2.36. The fourth-order valence-corrected chi connectivity index (χ4v) is 6.74. The fraction of sp³-hybridized carbons (Fsp3) is 0.417. The maximum Gasteiger partial charge on any atom is 0.338 e. The number of benzene rings is 3. The molecule has 1 aliphatic carbocycles. The molecule has 0 spiro atoms. The van der Waals surface area contributed by atoms with Crippen LogP contribution in [-0.2, 0) is 20.8 Å². The highest BCUT2D eigenvalue weighted by molar-refractivity contribution is 9.10. The lowest BCUT2D eigenvalue weighted by molar-refractivity contribution is -0.144. The van der Waals surface area contributed by atoms with Crippen molar-refractivity contribution in [2.24, 2.45) is 0 Å². The first-order chi connectivity index (χ1) is 21.8. The standard InChI is InChI=1S/C36H43BrN2O5S/c1-3-39(31-15-8-5-9-16-31)24-30-22-29(23-32(37)33(30)38)36(42)44-18-20-45-19-17-43-35(41)25(2)27-13-10-14-28(21-27)34(40)26-11-6-4-7-12-26/h4,6-7,10-14,21-23,25,31H,3,5,8-9,15-20,24,38H2,1-2H3. The minimum Gasteiger partial charge on any atom is -0.464 e. The van der Waals surface area contributed by atoms with Gasteiger partial charge >= 0.3 is 11.9 Å². The molecule has 2 N–H and O–H groups in total. The average molecular weight is 696 g/mol. The minimum atomic E-state index is -0.504. The first-order valence-corrected chi connectivity index (χ1v) is 17.7. The molecule has 0 heterocycles. The van der Waals surface area contributed by atoms with E-state index < -0.39 is 5.92 Å². The van der Waals surface area contributed by atoms with Gasteiger partial charge in [-0.05, 0) is 71.6 Å². The Hall–Kier alpha value is -3.14. The molecule has 1 saturated carbocycles. The van der Waals surface area contributed by atoms with E-state index in [2.05, 4.69) is 27.8 Å². The zero-order chi connectivity index (χ0) is 32.2. The number of thioether (sulfide) groups is 1. The molecule has 4 rings (SSSR count). The molecule has 7 nitrogen and oxygen atoms in total. The summed E-state index contributed by atoms with van der Waals surface area (Å²) in [4.78, 5) is 40.8. The van der Waals surface area contributed by atoms with Crippen molar-refractivity contribution in [2.75, 3.05) is 37.0 Å². The van der Waals surface area contributed by atoms with E-state index in [-0.39, 0.29) is 30.9 Å². The predicted molar refractivity (Wildman–Crippen MR) is 185 cm³/mol. The zero-order valence-electron chi connectivity index (χ0n) is 26.1. The summed E-state index contributed by atoms with van der Waals surface area (Å²) in [6, 6.07) is 20.3. The summed E-state index contributed by atoms with van der Waals surface area (Å²) in [6.07, 6.45) is 6.25. The molecule has 0 saturated heterocycles. The molecular weight excluding hydrogens is 652 g/mol. The molecule has 1 atom stereocenters. The van der Waals surface area contributed by atoms with Gasteiger partial charge in [-0.25, -0.2) is 4.79 Å². The molecular formula is C36H43BrN2O5S. The van der Waals surface area contributed by atoms with Crippen LogP contribution in [0.25, 0.3) is 0 Å². The quantitative estimate of drug-likeness (QED) is 0.0750. The number of hydrogen-bond donors (Lipinski definition) is 1. The molecule has 3 aromatic rings. The van der Waals surface area contributed by atoms with Crippen LogP contribution >= 0.6 is 27.7 Å². The van der Waals surface area contributed by atoms with Crippen LogP contribution < -0.4 is 5.73 Å². The number of nitrogens with two attached hydrogens (primary N) is 1. The summed E-state index contributed by atoms with van der Waals surface area (Å²) in [6.45, 7) is 6.08. The maximum absolute atomic E-state index is 12.9. The Morgan fingerprint density at radius 3 is 2.31 bits per heavy atom. The highest BCUT2D eigenvalue weighted by Crippen LogP contribution is 2.30. The molecule has 45 heavy (non-hydrogen) atoms. The molecule has 0 radical (unpaired) electrons. The Balaban J connectivity index is 1.18. The number of carbonyl (C=O) groups excluding carboxylic acids is 3. The van der Waals surface area contributed by atoms with E-state index in [0.717, 1.165) is 17.7 Å². The maximum atomic E-state index is 12.9. The number of carbonyl (C=O) groups is 3. The highest BCUT2D eigenvalue weighted by Gasteiger charge is 2.22. The molecule has 1 fully saturated rings. The fourth-order valence-electron chi connectivity index (χ4n) is 5.63. The summed E-state index contributed by atoms with van der Waals surface area (Å²) >= 11 is 5.07. The van der Waals surface area contributed by atoms with Crippen molar-refractivity contribution in [3.63, 3.8) is 0 Å². The molecule has 0 aromatic heterocycles. The van der Waals surface area contributed by atoms with Gasteiger partial charge in [-0.1, -0.05) is 74.7 Å². The van der Waals surface area contributed by atoms with Crippen LogP contribution in [0.5, 0.6) is 0 Å². The van der Waals surface area contributed by atoms with E-state index in [9.17, 15) is 14.4 Å².